The topological polar surface area (TPSA) is 21.3 Å². The van der Waals surface area contributed by atoms with Crippen molar-refractivity contribution in [3.05, 3.63) is 0 Å². The lowest BCUT2D eigenvalue weighted by molar-refractivity contribution is 0.0156. The fourth-order valence-electron chi connectivity index (χ4n) is 3.76. The number of rotatable bonds is 2. The van der Waals surface area contributed by atoms with E-state index in [1.807, 2.05) is 0 Å². The Morgan fingerprint density at radius 3 is 2.47 bits per heavy atom. The molecule has 3 aliphatic rings. The van der Waals surface area contributed by atoms with E-state index in [4.69, 9.17) is 4.74 Å². The van der Waals surface area contributed by atoms with Crippen LogP contribution in [0.2, 0.25) is 0 Å². The second-order valence-corrected chi connectivity index (χ2v) is 5.74. The zero-order chi connectivity index (χ0) is 10.1. The van der Waals surface area contributed by atoms with Gasteiger partial charge in [0.25, 0.3) is 0 Å². The van der Waals surface area contributed by atoms with Crippen LogP contribution in [0.4, 0.5) is 0 Å². The maximum absolute atomic E-state index is 5.44. The molecule has 2 saturated carbocycles. The summed E-state index contributed by atoms with van der Waals surface area (Å²) in [6, 6.07) is 1.48. The van der Waals surface area contributed by atoms with Gasteiger partial charge in [0.05, 0.1) is 6.61 Å². The van der Waals surface area contributed by atoms with Crippen LogP contribution in [0, 0.1) is 5.41 Å². The monoisotopic (exact) mass is 209 g/mol. The van der Waals surface area contributed by atoms with Crippen molar-refractivity contribution in [3.8, 4) is 0 Å². The minimum Gasteiger partial charge on any atom is -0.380 e. The van der Waals surface area contributed by atoms with E-state index in [9.17, 15) is 0 Å². The van der Waals surface area contributed by atoms with Crippen molar-refractivity contribution in [2.75, 3.05) is 13.2 Å². The van der Waals surface area contributed by atoms with Gasteiger partial charge < -0.3 is 10.1 Å². The lowest BCUT2D eigenvalue weighted by Gasteiger charge is -2.53. The highest BCUT2D eigenvalue weighted by Crippen LogP contribution is 2.51. The maximum Gasteiger partial charge on any atom is 0.0620 e. The summed E-state index contributed by atoms with van der Waals surface area (Å²) in [5.74, 6) is 0. The van der Waals surface area contributed by atoms with Crippen molar-refractivity contribution >= 4 is 0 Å². The molecule has 1 heterocycles. The molecule has 3 fully saturated rings. The van der Waals surface area contributed by atoms with Crippen LogP contribution in [0.1, 0.15) is 51.4 Å². The largest absolute Gasteiger partial charge is 0.380 e. The van der Waals surface area contributed by atoms with E-state index in [0.29, 0.717) is 11.5 Å². The first-order valence-corrected chi connectivity index (χ1v) is 6.73. The number of hydrogen-bond acceptors (Lipinski definition) is 2. The number of nitrogens with one attached hydrogen (secondary N) is 1. The Labute approximate surface area is 92.8 Å². The summed E-state index contributed by atoms with van der Waals surface area (Å²) in [7, 11) is 0. The van der Waals surface area contributed by atoms with Crippen LogP contribution in [-0.4, -0.2) is 25.3 Å². The minimum atomic E-state index is 0.661. The van der Waals surface area contributed by atoms with Crippen LogP contribution in [-0.2, 0) is 4.74 Å². The van der Waals surface area contributed by atoms with Crippen molar-refractivity contribution in [1.29, 1.82) is 0 Å². The van der Waals surface area contributed by atoms with Crippen LogP contribution < -0.4 is 5.32 Å². The molecule has 2 heteroatoms. The molecule has 15 heavy (non-hydrogen) atoms. The third-order valence-corrected chi connectivity index (χ3v) is 4.89. The molecule has 3 rings (SSSR count). The fraction of sp³-hybridized carbons (Fsp3) is 1.00. The average Bonchev–Trinajstić information content (AvgIpc) is 2.78. The first-order chi connectivity index (χ1) is 7.39. The van der Waals surface area contributed by atoms with Gasteiger partial charge in [0.1, 0.15) is 0 Å². The first kappa shape index (κ1) is 10.1. The van der Waals surface area contributed by atoms with E-state index in [1.54, 1.807) is 0 Å². The van der Waals surface area contributed by atoms with E-state index in [2.05, 4.69) is 5.32 Å². The Kier molecular flexibility index (Phi) is 2.73. The van der Waals surface area contributed by atoms with Gasteiger partial charge in [-0.1, -0.05) is 19.3 Å². The smallest absolute Gasteiger partial charge is 0.0620 e. The Morgan fingerprint density at radius 1 is 1.00 bits per heavy atom. The van der Waals surface area contributed by atoms with Crippen LogP contribution in [0.3, 0.4) is 0 Å². The molecule has 86 valence electrons. The Morgan fingerprint density at radius 2 is 1.87 bits per heavy atom. The van der Waals surface area contributed by atoms with Gasteiger partial charge in [-0.15, -0.1) is 0 Å². The van der Waals surface area contributed by atoms with Gasteiger partial charge in [0.2, 0.25) is 0 Å². The van der Waals surface area contributed by atoms with E-state index in [-0.39, 0.29) is 0 Å². The lowest BCUT2D eigenvalue weighted by Crippen LogP contribution is -2.57. The van der Waals surface area contributed by atoms with Crippen molar-refractivity contribution in [2.24, 2.45) is 5.41 Å². The van der Waals surface area contributed by atoms with Gasteiger partial charge in [-0.05, 0) is 37.5 Å². The SMILES string of the molecule is C1CCC2(CC1)CCC2NC1CCOC1. The summed E-state index contributed by atoms with van der Waals surface area (Å²) in [4.78, 5) is 0. The number of ether oxygens (including phenoxy) is 1. The van der Waals surface area contributed by atoms with Gasteiger partial charge in [0.15, 0.2) is 0 Å². The van der Waals surface area contributed by atoms with Crippen LogP contribution in [0.5, 0.6) is 0 Å². The molecule has 2 aliphatic carbocycles. The molecular weight excluding hydrogens is 186 g/mol. The second-order valence-electron chi connectivity index (χ2n) is 5.74. The highest BCUT2D eigenvalue weighted by molar-refractivity contribution is 5.02. The summed E-state index contributed by atoms with van der Waals surface area (Å²) in [5.41, 5.74) is 0.709. The Hall–Kier alpha value is -0.0800. The predicted octanol–water partition coefficient (Wildman–Crippen LogP) is 2.48. The van der Waals surface area contributed by atoms with Gasteiger partial charge in [-0.25, -0.2) is 0 Å². The number of hydrogen-bond donors (Lipinski definition) is 1. The van der Waals surface area contributed by atoms with Gasteiger partial charge in [0, 0.05) is 18.7 Å². The average molecular weight is 209 g/mol. The molecule has 0 amide bonds. The predicted molar refractivity (Wildman–Crippen MR) is 60.9 cm³/mol. The molecular formula is C13H23NO. The molecule has 2 unspecified atom stereocenters. The summed E-state index contributed by atoms with van der Waals surface area (Å²) < 4.78 is 5.44. The van der Waals surface area contributed by atoms with Gasteiger partial charge in [-0.3, -0.25) is 0 Å². The molecule has 1 aliphatic heterocycles. The van der Waals surface area contributed by atoms with Crippen molar-refractivity contribution in [2.45, 2.75) is 63.5 Å². The highest BCUT2D eigenvalue weighted by atomic mass is 16.5. The fourth-order valence-corrected chi connectivity index (χ4v) is 3.76. The standard InChI is InChI=1S/C13H23NO/c1-2-6-13(7-3-1)8-4-12(13)14-11-5-9-15-10-11/h11-12,14H,1-10H2. The van der Waals surface area contributed by atoms with Crippen molar-refractivity contribution < 1.29 is 4.74 Å². The molecule has 2 nitrogen and oxygen atoms in total. The molecule has 1 saturated heterocycles. The summed E-state index contributed by atoms with van der Waals surface area (Å²) in [6.45, 7) is 1.92. The molecule has 1 spiro atoms. The summed E-state index contributed by atoms with van der Waals surface area (Å²) >= 11 is 0. The van der Waals surface area contributed by atoms with E-state index < -0.39 is 0 Å². The van der Waals surface area contributed by atoms with Crippen LogP contribution in [0.15, 0.2) is 0 Å². The van der Waals surface area contributed by atoms with Crippen molar-refractivity contribution in [3.63, 3.8) is 0 Å². The maximum atomic E-state index is 5.44. The normalized spacial score (nSPS) is 39.2. The summed E-state index contributed by atoms with van der Waals surface area (Å²) in [5, 5.41) is 3.85. The van der Waals surface area contributed by atoms with Crippen LogP contribution in [0.25, 0.3) is 0 Å². The molecule has 0 aromatic carbocycles. The third-order valence-electron chi connectivity index (χ3n) is 4.89. The molecule has 0 bridgehead atoms. The molecule has 1 N–H and O–H groups in total. The summed E-state index contributed by atoms with van der Waals surface area (Å²) in [6.07, 6.45) is 11.5. The van der Waals surface area contributed by atoms with Crippen LogP contribution >= 0.6 is 0 Å². The molecule has 0 radical (unpaired) electrons. The van der Waals surface area contributed by atoms with Crippen molar-refractivity contribution in [1.82, 2.24) is 5.32 Å². The van der Waals surface area contributed by atoms with E-state index >= 15 is 0 Å². The second kappa shape index (κ2) is 4.06. The molecule has 0 aromatic rings. The molecule has 0 aromatic heterocycles. The minimum absolute atomic E-state index is 0.661. The van der Waals surface area contributed by atoms with Gasteiger partial charge in [-0.2, -0.15) is 0 Å². The van der Waals surface area contributed by atoms with E-state index in [0.717, 1.165) is 19.3 Å². The van der Waals surface area contributed by atoms with Gasteiger partial charge >= 0.3 is 0 Å². The van der Waals surface area contributed by atoms with E-state index in [1.165, 1.54) is 51.4 Å². The lowest BCUT2D eigenvalue weighted by atomic mass is 9.57. The highest BCUT2D eigenvalue weighted by Gasteiger charge is 2.47. The quantitative estimate of drug-likeness (QED) is 0.754. The Balaban J connectivity index is 1.56. The zero-order valence-electron chi connectivity index (χ0n) is 9.63. The molecule has 2 atom stereocenters. The first-order valence-electron chi connectivity index (χ1n) is 6.73. The Bertz CT molecular complexity index is 217. The zero-order valence-corrected chi connectivity index (χ0v) is 9.63. The third kappa shape index (κ3) is 1.83.